The van der Waals surface area contributed by atoms with Crippen LogP contribution in [0.15, 0.2) is 16.9 Å². The van der Waals surface area contributed by atoms with Gasteiger partial charge in [0.15, 0.2) is 0 Å². The maximum absolute atomic E-state index is 5.49. The van der Waals surface area contributed by atoms with Crippen LogP contribution in [0.4, 0.5) is 0 Å². The molecule has 0 bridgehead atoms. The van der Waals surface area contributed by atoms with Crippen molar-refractivity contribution in [3.05, 3.63) is 40.8 Å². The number of hydrogen-bond donors (Lipinski definition) is 0. The Hall–Kier alpha value is -1.71. The van der Waals surface area contributed by atoms with Crippen molar-refractivity contribution in [3.8, 4) is 0 Å². The molecule has 2 heterocycles. The SMILES string of the molecule is Cc1ncc2c(n1)[C@@]1(C)Cc3cnoc3[C@@H](C)[C@@H]1CC2. The Morgan fingerprint density at radius 1 is 1.30 bits per heavy atom. The highest BCUT2D eigenvalue weighted by atomic mass is 16.5. The summed E-state index contributed by atoms with van der Waals surface area (Å²) in [6.45, 7) is 6.60. The first-order valence-electron chi connectivity index (χ1n) is 7.36. The number of rotatable bonds is 0. The minimum Gasteiger partial charge on any atom is -0.361 e. The fourth-order valence-electron chi connectivity index (χ4n) is 4.35. The largest absolute Gasteiger partial charge is 0.361 e. The van der Waals surface area contributed by atoms with Crippen LogP contribution in [0.5, 0.6) is 0 Å². The summed E-state index contributed by atoms with van der Waals surface area (Å²) in [7, 11) is 0. The van der Waals surface area contributed by atoms with Crippen molar-refractivity contribution in [3.63, 3.8) is 0 Å². The normalized spacial score (nSPS) is 31.4. The Morgan fingerprint density at radius 3 is 3.00 bits per heavy atom. The number of aromatic nitrogens is 3. The van der Waals surface area contributed by atoms with E-state index >= 15 is 0 Å². The second-order valence-corrected chi connectivity index (χ2v) is 6.53. The Kier molecular flexibility index (Phi) is 2.35. The summed E-state index contributed by atoms with van der Waals surface area (Å²) in [5, 5.41) is 4.01. The first kappa shape index (κ1) is 12.1. The minimum atomic E-state index is 0.0826. The third-order valence-electron chi connectivity index (χ3n) is 5.32. The maximum atomic E-state index is 5.49. The van der Waals surface area contributed by atoms with Gasteiger partial charge in [0.2, 0.25) is 0 Å². The van der Waals surface area contributed by atoms with E-state index in [4.69, 9.17) is 9.51 Å². The van der Waals surface area contributed by atoms with E-state index in [1.165, 1.54) is 23.2 Å². The van der Waals surface area contributed by atoms with Gasteiger partial charge in [0.1, 0.15) is 11.6 Å². The topological polar surface area (TPSA) is 51.8 Å². The van der Waals surface area contributed by atoms with Gasteiger partial charge in [-0.15, -0.1) is 0 Å². The molecule has 20 heavy (non-hydrogen) atoms. The average molecular weight is 269 g/mol. The molecule has 3 atom stereocenters. The van der Waals surface area contributed by atoms with Crippen LogP contribution in [0, 0.1) is 12.8 Å². The van der Waals surface area contributed by atoms with Gasteiger partial charge in [-0.1, -0.05) is 19.0 Å². The lowest BCUT2D eigenvalue weighted by atomic mass is 9.57. The second-order valence-electron chi connectivity index (χ2n) is 6.53. The summed E-state index contributed by atoms with van der Waals surface area (Å²) in [5.41, 5.74) is 3.90. The first-order chi connectivity index (χ1) is 9.59. The molecule has 0 aliphatic heterocycles. The van der Waals surface area contributed by atoms with E-state index in [-0.39, 0.29) is 5.41 Å². The van der Waals surface area contributed by atoms with Crippen LogP contribution in [-0.2, 0) is 18.3 Å². The quantitative estimate of drug-likeness (QED) is 0.738. The average Bonchev–Trinajstić information content (AvgIpc) is 2.87. The van der Waals surface area contributed by atoms with E-state index in [0.29, 0.717) is 11.8 Å². The van der Waals surface area contributed by atoms with Crippen molar-refractivity contribution in [1.29, 1.82) is 0 Å². The van der Waals surface area contributed by atoms with Gasteiger partial charge in [0, 0.05) is 23.1 Å². The molecule has 0 spiro atoms. The minimum absolute atomic E-state index is 0.0826. The molecule has 2 aliphatic rings. The second kappa shape index (κ2) is 3.90. The third-order valence-corrected chi connectivity index (χ3v) is 5.32. The van der Waals surface area contributed by atoms with Crippen molar-refractivity contribution in [2.45, 2.75) is 51.4 Å². The van der Waals surface area contributed by atoms with Gasteiger partial charge in [-0.3, -0.25) is 0 Å². The van der Waals surface area contributed by atoms with E-state index in [9.17, 15) is 0 Å². The van der Waals surface area contributed by atoms with Crippen LogP contribution in [0.3, 0.4) is 0 Å². The summed E-state index contributed by atoms with van der Waals surface area (Å²) < 4.78 is 5.49. The molecule has 2 aromatic rings. The van der Waals surface area contributed by atoms with Crippen LogP contribution in [-0.4, -0.2) is 15.1 Å². The zero-order valence-electron chi connectivity index (χ0n) is 12.2. The predicted octanol–water partition coefficient (Wildman–Crippen LogP) is 2.95. The fraction of sp³-hybridized carbons (Fsp3) is 0.562. The Labute approximate surface area is 118 Å². The van der Waals surface area contributed by atoms with Gasteiger partial charge < -0.3 is 4.52 Å². The molecule has 4 nitrogen and oxygen atoms in total. The summed E-state index contributed by atoms with van der Waals surface area (Å²) in [6.07, 6.45) is 7.13. The fourth-order valence-corrected chi connectivity index (χ4v) is 4.35. The summed E-state index contributed by atoms with van der Waals surface area (Å²) in [5.74, 6) is 2.94. The first-order valence-corrected chi connectivity index (χ1v) is 7.36. The van der Waals surface area contributed by atoms with Gasteiger partial charge in [-0.2, -0.15) is 0 Å². The number of hydrogen-bond acceptors (Lipinski definition) is 4. The molecule has 4 heteroatoms. The lowest BCUT2D eigenvalue weighted by molar-refractivity contribution is 0.171. The molecule has 0 aromatic carbocycles. The molecular formula is C16H19N3O. The van der Waals surface area contributed by atoms with Crippen LogP contribution >= 0.6 is 0 Å². The van der Waals surface area contributed by atoms with Crippen LogP contribution < -0.4 is 0 Å². The molecule has 104 valence electrons. The smallest absolute Gasteiger partial charge is 0.143 e. The molecule has 0 fully saturated rings. The summed E-state index contributed by atoms with van der Waals surface area (Å²) in [4.78, 5) is 9.17. The lowest BCUT2D eigenvalue weighted by Crippen LogP contribution is -2.45. The predicted molar refractivity (Wildman–Crippen MR) is 74.6 cm³/mol. The molecule has 0 saturated heterocycles. The lowest BCUT2D eigenvalue weighted by Gasteiger charge is -2.47. The number of aryl methyl sites for hydroxylation is 2. The molecule has 0 amide bonds. The van der Waals surface area contributed by atoms with Crippen molar-refractivity contribution >= 4 is 0 Å². The van der Waals surface area contributed by atoms with Crippen molar-refractivity contribution < 1.29 is 4.52 Å². The number of fused-ring (bicyclic) bond motifs is 4. The van der Waals surface area contributed by atoms with Crippen LogP contribution in [0.25, 0.3) is 0 Å². The molecule has 2 aromatic heterocycles. The molecule has 0 saturated carbocycles. The Bertz CT molecular complexity index is 678. The van der Waals surface area contributed by atoms with Crippen LogP contribution in [0.2, 0.25) is 0 Å². The van der Waals surface area contributed by atoms with Crippen LogP contribution in [0.1, 0.15) is 54.6 Å². The molecule has 0 unspecified atom stereocenters. The molecular weight excluding hydrogens is 250 g/mol. The molecule has 4 rings (SSSR count). The zero-order chi connectivity index (χ0) is 13.9. The third kappa shape index (κ3) is 1.45. The van der Waals surface area contributed by atoms with Gasteiger partial charge >= 0.3 is 0 Å². The zero-order valence-corrected chi connectivity index (χ0v) is 12.2. The molecule has 0 N–H and O–H groups in total. The van der Waals surface area contributed by atoms with Crippen molar-refractivity contribution in [2.24, 2.45) is 5.92 Å². The Balaban J connectivity index is 1.91. The summed E-state index contributed by atoms with van der Waals surface area (Å²) >= 11 is 0. The highest BCUT2D eigenvalue weighted by Crippen LogP contribution is 2.52. The highest BCUT2D eigenvalue weighted by molar-refractivity contribution is 5.38. The number of nitrogens with zero attached hydrogens (tertiary/aromatic N) is 3. The molecule has 0 radical (unpaired) electrons. The van der Waals surface area contributed by atoms with E-state index in [0.717, 1.165) is 24.4 Å². The maximum Gasteiger partial charge on any atom is 0.143 e. The van der Waals surface area contributed by atoms with Gasteiger partial charge in [0.05, 0.1) is 11.9 Å². The van der Waals surface area contributed by atoms with Crippen molar-refractivity contribution in [2.75, 3.05) is 0 Å². The van der Waals surface area contributed by atoms with Gasteiger partial charge in [0.25, 0.3) is 0 Å². The monoisotopic (exact) mass is 269 g/mol. The van der Waals surface area contributed by atoms with Crippen molar-refractivity contribution in [1.82, 2.24) is 15.1 Å². The van der Waals surface area contributed by atoms with Gasteiger partial charge in [-0.25, -0.2) is 9.97 Å². The summed E-state index contributed by atoms with van der Waals surface area (Å²) in [6, 6.07) is 0. The highest BCUT2D eigenvalue weighted by Gasteiger charge is 2.49. The standard InChI is InChI=1S/C16H19N3O/c1-9-13-5-4-11-7-17-10(2)19-15(11)16(13,3)6-12-8-18-20-14(9)12/h7-9,13H,4-6H2,1-3H3/t9-,13-,16-/m0/s1. The van der Waals surface area contributed by atoms with E-state index in [1.54, 1.807) is 0 Å². The van der Waals surface area contributed by atoms with Gasteiger partial charge in [-0.05, 0) is 37.7 Å². The Morgan fingerprint density at radius 2 is 2.15 bits per heavy atom. The molecule has 2 aliphatic carbocycles. The van der Waals surface area contributed by atoms with E-state index in [1.807, 2.05) is 19.3 Å². The van der Waals surface area contributed by atoms with E-state index < -0.39 is 0 Å². The van der Waals surface area contributed by atoms with E-state index in [2.05, 4.69) is 24.0 Å².